The van der Waals surface area contributed by atoms with E-state index in [4.69, 9.17) is 43.0 Å². The zero-order chi connectivity index (χ0) is 56.8. The third-order valence-corrected chi connectivity index (χ3v) is 13.1. The van der Waals surface area contributed by atoms with Gasteiger partial charge in [0.2, 0.25) is 17.7 Å². The first-order valence-electron chi connectivity index (χ1n) is 25.7. The van der Waals surface area contributed by atoms with Crippen molar-refractivity contribution in [3.8, 4) is 28.7 Å². The van der Waals surface area contributed by atoms with Crippen LogP contribution in [0.25, 0.3) is 0 Å². The summed E-state index contributed by atoms with van der Waals surface area (Å²) >= 11 is 0. The molecule has 5 aromatic rings. The fourth-order valence-corrected chi connectivity index (χ4v) is 9.07. The first-order chi connectivity index (χ1) is 38.6. The van der Waals surface area contributed by atoms with Gasteiger partial charge in [-0.25, -0.2) is 9.48 Å². The van der Waals surface area contributed by atoms with Crippen molar-refractivity contribution in [2.24, 2.45) is 0 Å². The highest BCUT2D eigenvalue weighted by Crippen LogP contribution is 2.57. The molecule has 1 aromatic heterocycles. The SMILES string of the molecule is O=C(O)CCCC(=O)N[C@@H](Cc1cn(CCOCCOCCOCCOc2ccc(CCO[C@@H]3O[C@H](CO)[C@@H](O)[C@H](O)[C@H]3O)cc2)nn1)C(=O)NCC(=O)Nc1ccc2c(c1)C(=O)OC21c2ccc(O)cc2Oc2cc(O)ccc21. The number of rotatable bonds is 29. The molecule has 1 spiro atoms. The summed E-state index contributed by atoms with van der Waals surface area (Å²) in [7, 11) is 0. The van der Waals surface area contributed by atoms with Crippen LogP contribution >= 0.6 is 0 Å². The predicted molar refractivity (Wildman–Crippen MR) is 275 cm³/mol. The fourth-order valence-electron chi connectivity index (χ4n) is 9.07. The Hall–Kier alpha value is -7.79. The van der Waals surface area contributed by atoms with E-state index in [1.807, 2.05) is 12.1 Å². The molecule has 1 fully saturated rings. The highest BCUT2D eigenvalue weighted by atomic mass is 16.7. The molecule has 8 rings (SSSR count). The maximum absolute atomic E-state index is 13.6. The number of carbonyl (C=O) groups excluding carboxylic acids is 4. The molecule has 1 saturated heterocycles. The summed E-state index contributed by atoms with van der Waals surface area (Å²) < 4.78 is 47.0. The van der Waals surface area contributed by atoms with Crippen molar-refractivity contribution in [1.29, 1.82) is 0 Å². The van der Waals surface area contributed by atoms with Crippen molar-refractivity contribution in [3.05, 3.63) is 119 Å². The molecule has 3 aliphatic heterocycles. The van der Waals surface area contributed by atoms with Gasteiger partial charge >= 0.3 is 11.9 Å². The summed E-state index contributed by atoms with van der Waals surface area (Å²) in [4.78, 5) is 64.2. The molecule has 26 heteroatoms. The lowest BCUT2D eigenvalue weighted by atomic mass is 9.77. The third kappa shape index (κ3) is 14.7. The molecular weight excluding hydrogens is 1050 g/mol. The summed E-state index contributed by atoms with van der Waals surface area (Å²) in [6.07, 6.45) is -5.14. The van der Waals surface area contributed by atoms with Crippen LogP contribution in [0.5, 0.6) is 28.7 Å². The molecule has 10 N–H and O–H groups in total. The van der Waals surface area contributed by atoms with Crippen LogP contribution in [0.2, 0.25) is 0 Å². The molecule has 0 aliphatic carbocycles. The van der Waals surface area contributed by atoms with E-state index in [2.05, 4.69) is 26.3 Å². The van der Waals surface area contributed by atoms with Crippen molar-refractivity contribution in [3.63, 3.8) is 0 Å². The number of phenolic OH excluding ortho intramolecular Hbond substituents is 2. The number of nitrogens with zero attached hydrogens (tertiary/aromatic N) is 3. The van der Waals surface area contributed by atoms with Gasteiger partial charge in [-0.05, 0) is 66.9 Å². The topological polar surface area (TPSA) is 368 Å². The number of aliphatic hydroxyl groups excluding tert-OH is 4. The van der Waals surface area contributed by atoms with Crippen LogP contribution in [0, 0.1) is 0 Å². The van der Waals surface area contributed by atoms with E-state index in [-0.39, 0.29) is 79.8 Å². The molecule has 0 radical (unpaired) electrons. The zero-order valence-corrected chi connectivity index (χ0v) is 43.1. The Bertz CT molecular complexity index is 2900. The molecule has 0 saturated carbocycles. The third-order valence-electron chi connectivity index (χ3n) is 13.1. The van der Waals surface area contributed by atoms with Crippen molar-refractivity contribution < 1.29 is 97.6 Å². The second kappa shape index (κ2) is 27.4. The van der Waals surface area contributed by atoms with Gasteiger partial charge in [0.25, 0.3) is 0 Å². The van der Waals surface area contributed by atoms with Gasteiger partial charge in [-0.1, -0.05) is 23.4 Å². The van der Waals surface area contributed by atoms with Crippen LogP contribution in [0.1, 0.15) is 57.6 Å². The average molecular weight is 1120 g/mol. The number of amides is 3. The van der Waals surface area contributed by atoms with Gasteiger partial charge in [0.1, 0.15) is 65.8 Å². The zero-order valence-electron chi connectivity index (χ0n) is 43.1. The number of ether oxygens (including phenoxy) is 8. The molecule has 428 valence electrons. The smallest absolute Gasteiger partial charge is 0.340 e. The lowest BCUT2D eigenvalue weighted by Crippen LogP contribution is -2.59. The number of fused-ring (bicyclic) bond motifs is 6. The maximum atomic E-state index is 13.6. The Kier molecular flexibility index (Phi) is 20.0. The lowest BCUT2D eigenvalue weighted by Gasteiger charge is -2.39. The van der Waals surface area contributed by atoms with Crippen molar-refractivity contribution >= 4 is 35.3 Å². The number of aliphatic carboxylic acids is 1. The molecular formula is C54H62N6O20. The Morgan fingerprint density at radius 3 is 2.09 bits per heavy atom. The molecule has 26 nitrogen and oxygen atoms in total. The van der Waals surface area contributed by atoms with Gasteiger partial charge in [-0.3, -0.25) is 19.2 Å². The first kappa shape index (κ1) is 58.4. The second-order valence-corrected chi connectivity index (χ2v) is 18.8. The van der Waals surface area contributed by atoms with Gasteiger partial charge in [0.15, 0.2) is 11.9 Å². The van der Waals surface area contributed by atoms with Gasteiger partial charge < -0.3 is 89.6 Å². The van der Waals surface area contributed by atoms with E-state index in [1.165, 1.54) is 35.0 Å². The van der Waals surface area contributed by atoms with Gasteiger partial charge in [0, 0.05) is 60.0 Å². The van der Waals surface area contributed by atoms with E-state index in [0.29, 0.717) is 74.1 Å². The molecule has 0 unspecified atom stereocenters. The van der Waals surface area contributed by atoms with Gasteiger partial charge in [-0.2, -0.15) is 0 Å². The number of esters is 1. The number of benzene rings is 4. The molecule has 3 amide bonds. The Morgan fingerprint density at radius 2 is 1.41 bits per heavy atom. The fraction of sp³-hybridized carbons (Fsp3) is 0.426. The Morgan fingerprint density at radius 1 is 0.750 bits per heavy atom. The van der Waals surface area contributed by atoms with Crippen LogP contribution in [-0.4, -0.2) is 183 Å². The summed E-state index contributed by atoms with van der Waals surface area (Å²) in [5.41, 5.74) is 1.31. The molecule has 80 heavy (non-hydrogen) atoms. The van der Waals surface area contributed by atoms with Crippen LogP contribution in [0.15, 0.2) is 85.1 Å². The monoisotopic (exact) mass is 1110 g/mol. The molecule has 4 heterocycles. The Labute approximate surface area is 457 Å². The van der Waals surface area contributed by atoms with Crippen LogP contribution in [0.4, 0.5) is 5.69 Å². The molecule has 4 aromatic carbocycles. The highest BCUT2D eigenvalue weighted by molar-refractivity contribution is 6.01. The maximum Gasteiger partial charge on any atom is 0.340 e. The number of aliphatic hydroxyl groups is 4. The number of hydrogen-bond acceptors (Lipinski definition) is 21. The van der Waals surface area contributed by atoms with Crippen LogP contribution < -0.4 is 25.4 Å². The number of hydrogen-bond donors (Lipinski definition) is 10. The number of carbonyl (C=O) groups is 5. The van der Waals surface area contributed by atoms with Gasteiger partial charge in [0.05, 0.1) is 77.2 Å². The van der Waals surface area contributed by atoms with E-state index >= 15 is 0 Å². The summed E-state index contributed by atoms with van der Waals surface area (Å²) in [5, 5.41) is 84.8. The lowest BCUT2D eigenvalue weighted by molar-refractivity contribution is -0.300. The normalized spacial score (nSPS) is 18.9. The van der Waals surface area contributed by atoms with E-state index in [9.17, 15) is 54.6 Å². The number of carboxylic acid groups (broad SMARTS) is 1. The largest absolute Gasteiger partial charge is 0.508 e. The van der Waals surface area contributed by atoms with E-state index in [0.717, 1.165) is 5.56 Å². The van der Waals surface area contributed by atoms with Crippen molar-refractivity contribution in [1.82, 2.24) is 25.6 Å². The summed E-state index contributed by atoms with van der Waals surface area (Å²) in [5.74, 6) is -2.96. The van der Waals surface area contributed by atoms with Crippen LogP contribution in [0.3, 0.4) is 0 Å². The van der Waals surface area contributed by atoms with Crippen molar-refractivity contribution in [2.45, 2.75) is 81.0 Å². The second-order valence-electron chi connectivity index (χ2n) is 18.8. The number of aromatic hydroxyl groups is 2. The number of anilines is 1. The van der Waals surface area contributed by atoms with Crippen LogP contribution in [-0.2, 0) is 72.6 Å². The minimum absolute atomic E-state index is 0.0279. The quantitative estimate of drug-likeness (QED) is 0.0234. The molecule has 6 atom stereocenters. The van der Waals surface area contributed by atoms with Crippen molar-refractivity contribution in [2.75, 3.05) is 71.3 Å². The highest BCUT2D eigenvalue weighted by Gasteiger charge is 2.54. The number of nitrogens with one attached hydrogen (secondary N) is 3. The number of aromatic nitrogens is 3. The summed E-state index contributed by atoms with van der Waals surface area (Å²) in [6.45, 7) is 1.48. The summed E-state index contributed by atoms with van der Waals surface area (Å²) in [6, 6.07) is 19.4. The minimum Gasteiger partial charge on any atom is -0.508 e. The number of carboxylic acids is 1. The Balaban J connectivity index is 0.726. The molecule has 0 bridgehead atoms. The molecule has 3 aliphatic rings. The van der Waals surface area contributed by atoms with E-state index < -0.39 is 85.2 Å². The average Bonchev–Trinajstić information content (AvgIpc) is 4.20. The first-order valence-corrected chi connectivity index (χ1v) is 25.7. The predicted octanol–water partition coefficient (Wildman–Crippen LogP) is 0.782. The van der Waals surface area contributed by atoms with Gasteiger partial charge in [-0.15, -0.1) is 5.10 Å². The standard InChI is InChI=1S/C54H62N6O20/c61-30-44-48(68)49(69)50(70)53(79-44)77-16-14-31-4-9-36(10-5-31)76-23-22-75-21-20-74-19-18-73-17-15-60-29-33(58-59-60)25-41(57-45(64)2-1-3-47(66)67)51(71)55-28-46(65)56-32-6-11-38-37(24-32)52(72)80-54(38)39-12-7-34(62)26-42(39)78-43-27-35(63)8-13-40(43)54/h4-13,24,26-27,29,41,44,48-50,53,61-63,68-70H,1-3,14-23,25,28,30H2,(H,55,71)(H,56,65)(H,57,64)(H,66,67)/t41-,44+,48+,49-,50+,53+/m0/s1. The number of phenols is 2. The minimum atomic E-state index is -1.51. The van der Waals surface area contributed by atoms with E-state index in [1.54, 1.807) is 42.6 Å².